The van der Waals surface area contributed by atoms with Gasteiger partial charge in [-0.1, -0.05) is 30.3 Å². The van der Waals surface area contributed by atoms with Crippen LogP contribution in [-0.2, 0) is 11.3 Å². The number of nitrogens with one attached hydrogen (secondary N) is 1. The van der Waals surface area contributed by atoms with Crippen LogP contribution in [0.15, 0.2) is 30.3 Å². The summed E-state index contributed by atoms with van der Waals surface area (Å²) in [5.74, 6) is 0. The summed E-state index contributed by atoms with van der Waals surface area (Å²) in [4.78, 5) is 11.2. The van der Waals surface area contributed by atoms with Crippen molar-refractivity contribution in [2.24, 2.45) is 0 Å². The molecule has 0 aliphatic carbocycles. The lowest BCUT2D eigenvalue weighted by Crippen LogP contribution is -2.24. The molecule has 4 heteroatoms. The number of ether oxygens (including phenoxy) is 1. The SMILES string of the molecule is CC(O)CCOC(=O)NCc1ccccc1. The summed E-state index contributed by atoms with van der Waals surface area (Å²) < 4.78 is 4.86. The molecule has 88 valence electrons. The number of rotatable bonds is 5. The number of hydrogen-bond donors (Lipinski definition) is 2. The largest absolute Gasteiger partial charge is 0.449 e. The molecule has 0 spiro atoms. The zero-order valence-electron chi connectivity index (χ0n) is 9.35. The van der Waals surface area contributed by atoms with Crippen molar-refractivity contribution < 1.29 is 14.6 Å². The van der Waals surface area contributed by atoms with Crippen LogP contribution in [-0.4, -0.2) is 23.9 Å². The molecule has 0 aromatic heterocycles. The third-order valence-electron chi connectivity index (χ3n) is 2.05. The minimum Gasteiger partial charge on any atom is -0.449 e. The van der Waals surface area contributed by atoms with Crippen molar-refractivity contribution in [3.05, 3.63) is 35.9 Å². The van der Waals surface area contributed by atoms with E-state index in [1.165, 1.54) is 0 Å². The van der Waals surface area contributed by atoms with Crippen molar-refractivity contribution in [1.82, 2.24) is 5.32 Å². The van der Waals surface area contributed by atoms with Gasteiger partial charge in [0.1, 0.15) is 0 Å². The first-order valence-electron chi connectivity index (χ1n) is 5.31. The van der Waals surface area contributed by atoms with E-state index in [1.54, 1.807) is 6.92 Å². The first kappa shape index (κ1) is 12.5. The fourth-order valence-corrected chi connectivity index (χ4v) is 1.14. The molecular formula is C12H17NO3. The van der Waals surface area contributed by atoms with Gasteiger partial charge < -0.3 is 15.2 Å². The maximum absolute atomic E-state index is 11.2. The highest BCUT2D eigenvalue weighted by molar-refractivity contribution is 5.67. The molecule has 0 saturated heterocycles. The standard InChI is InChI=1S/C12H17NO3/c1-10(14)7-8-16-12(15)13-9-11-5-3-2-4-6-11/h2-6,10,14H,7-9H2,1H3,(H,13,15). The minimum atomic E-state index is -0.454. The fourth-order valence-electron chi connectivity index (χ4n) is 1.14. The normalized spacial score (nSPS) is 11.9. The second-order valence-electron chi connectivity index (χ2n) is 3.61. The molecule has 0 saturated carbocycles. The zero-order valence-corrected chi connectivity index (χ0v) is 9.35. The van der Waals surface area contributed by atoms with Gasteiger partial charge in [-0.3, -0.25) is 0 Å². The summed E-state index contributed by atoms with van der Waals surface area (Å²) in [6, 6.07) is 9.60. The van der Waals surface area contributed by atoms with Crippen LogP contribution in [0.2, 0.25) is 0 Å². The van der Waals surface area contributed by atoms with E-state index in [0.29, 0.717) is 13.0 Å². The van der Waals surface area contributed by atoms with Crippen molar-refractivity contribution in [3.63, 3.8) is 0 Å². The first-order valence-corrected chi connectivity index (χ1v) is 5.31. The first-order chi connectivity index (χ1) is 7.68. The Labute approximate surface area is 95.2 Å². The number of amides is 1. The van der Waals surface area contributed by atoms with Crippen LogP contribution < -0.4 is 5.32 Å². The van der Waals surface area contributed by atoms with Crippen LogP contribution >= 0.6 is 0 Å². The number of alkyl carbamates (subject to hydrolysis) is 1. The Bertz CT molecular complexity index is 311. The van der Waals surface area contributed by atoms with Crippen LogP contribution in [0.1, 0.15) is 18.9 Å². The van der Waals surface area contributed by atoms with Crippen LogP contribution in [0.25, 0.3) is 0 Å². The molecule has 0 aliphatic heterocycles. The van der Waals surface area contributed by atoms with E-state index in [2.05, 4.69) is 5.32 Å². The van der Waals surface area contributed by atoms with E-state index < -0.39 is 12.2 Å². The Morgan fingerprint density at radius 3 is 2.75 bits per heavy atom. The smallest absolute Gasteiger partial charge is 0.407 e. The average molecular weight is 223 g/mol. The average Bonchev–Trinajstić information content (AvgIpc) is 2.27. The molecule has 0 fully saturated rings. The van der Waals surface area contributed by atoms with E-state index in [-0.39, 0.29) is 6.61 Å². The molecule has 1 aromatic carbocycles. The Kier molecular flexibility index (Phi) is 5.36. The Balaban J connectivity index is 2.16. The van der Waals surface area contributed by atoms with Gasteiger partial charge in [-0.15, -0.1) is 0 Å². The molecule has 0 heterocycles. The van der Waals surface area contributed by atoms with E-state index in [0.717, 1.165) is 5.56 Å². The third-order valence-corrected chi connectivity index (χ3v) is 2.05. The van der Waals surface area contributed by atoms with Gasteiger partial charge in [-0.2, -0.15) is 0 Å². The van der Waals surface area contributed by atoms with Crippen molar-refractivity contribution in [1.29, 1.82) is 0 Å². The number of aliphatic hydroxyl groups is 1. The molecule has 1 amide bonds. The van der Waals surface area contributed by atoms with Gasteiger partial charge in [0.05, 0.1) is 12.7 Å². The van der Waals surface area contributed by atoms with Crippen LogP contribution in [0.4, 0.5) is 4.79 Å². The van der Waals surface area contributed by atoms with Crippen molar-refractivity contribution in [3.8, 4) is 0 Å². The zero-order chi connectivity index (χ0) is 11.8. The number of benzene rings is 1. The van der Waals surface area contributed by atoms with E-state index >= 15 is 0 Å². The number of carbonyl (C=O) groups excluding carboxylic acids is 1. The second-order valence-corrected chi connectivity index (χ2v) is 3.61. The Hall–Kier alpha value is -1.55. The van der Waals surface area contributed by atoms with Gasteiger partial charge in [0.15, 0.2) is 0 Å². The highest BCUT2D eigenvalue weighted by Crippen LogP contribution is 1.97. The molecule has 1 aromatic rings. The maximum atomic E-state index is 11.2. The topological polar surface area (TPSA) is 58.6 Å². The molecule has 4 nitrogen and oxygen atoms in total. The van der Waals surface area contributed by atoms with Gasteiger partial charge in [-0.25, -0.2) is 4.79 Å². The molecule has 2 N–H and O–H groups in total. The fraction of sp³-hybridized carbons (Fsp3) is 0.417. The van der Waals surface area contributed by atoms with E-state index in [9.17, 15) is 4.79 Å². The monoisotopic (exact) mass is 223 g/mol. The quantitative estimate of drug-likeness (QED) is 0.798. The minimum absolute atomic E-state index is 0.234. The molecule has 1 rings (SSSR count). The lowest BCUT2D eigenvalue weighted by Gasteiger charge is -2.07. The Morgan fingerprint density at radius 2 is 2.12 bits per heavy atom. The van der Waals surface area contributed by atoms with Crippen molar-refractivity contribution in [2.45, 2.75) is 26.0 Å². The number of carbonyl (C=O) groups is 1. The lowest BCUT2D eigenvalue weighted by atomic mass is 10.2. The number of aliphatic hydroxyl groups excluding tert-OH is 1. The van der Waals surface area contributed by atoms with Crippen LogP contribution in [0, 0.1) is 0 Å². The highest BCUT2D eigenvalue weighted by Gasteiger charge is 2.02. The van der Waals surface area contributed by atoms with Crippen molar-refractivity contribution >= 4 is 6.09 Å². The molecule has 0 radical (unpaired) electrons. The molecular weight excluding hydrogens is 206 g/mol. The molecule has 0 bridgehead atoms. The summed E-state index contributed by atoms with van der Waals surface area (Å²) in [5.41, 5.74) is 1.02. The van der Waals surface area contributed by atoms with Crippen molar-refractivity contribution in [2.75, 3.05) is 6.61 Å². The van der Waals surface area contributed by atoms with Gasteiger partial charge in [0.25, 0.3) is 0 Å². The third kappa shape index (κ3) is 5.36. The summed E-state index contributed by atoms with van der Waals surface area (Å²) in [7, 11) is 0. The van der Waals surface area contributed by atoms with Gasteiger partial charge in [0, 0.05) is 13.0 Å². The predicted octanol–water partition coefficient (Wildman–Crippen LogP) is 1.68. The maximum Gasteiger partial charge on any atom is 0.407 e. The molecule has 0 aliphatic rings. The molecule has 16 heavy (non-hydrogen) atoms. The Morgan fingerprint density at radius 1 is 1.44 bits per heavy atom. The summed E-state index contributed by atoms with van der Waals surface area (Å²) in [5, 5.41) is 11.6. The van der Waals surface area contributed by atoms with Gasteiger partial charge in [0.2, 0.25) is 0 Å². The summed E-state index contributed by atoms with van der Waals surface area (Å²) in [6.45, 7) is 2.35. The highest BCUT2D eigenvalue weighted by atomic mass is 16.5. The molecule has 1 atom stereocenters. The van der Waals surface area contributed by atoms with Gasteiger partial charge in [-0.05, 0) is 12.5 Å². The van der Waals surface area contributed by atoms with E-state index in [4.69, 9.17) is 9.84 Å². The van der Waals surface area contributed by atoms with Crippen LogP contribution in [0.3, 0.4) is 0 Å². The van der Waals surface area contributed by atoms with Gasteiger partial charge >= 0.3 is 6.09 Å². The van der Waals surface area contributed by atoms with E-state index in [1.807, 2.05) is 30.3 Å². The second kappa shape index (κ2) is 6.85. The molecule has 1 unspecified atom stereocenters. The summed E-state index contributed by atoms with van der Waals surface area (Å²) in [6.07, 6.45) is -0.440. The number of hydrogen-bond acceptors (Lipinski definition) is 3. The summed E-state index contributed by atoms with van der Waals surface area (Å²) >= 11 is 0. The lowest BCUT2D eigenvalue weighted by molar-refractivity contribution is 0.113. The predicted molar refractivity (Wildman–Crippen MR) is 60.9 cm³/mol. The van der Waals surface area contributed by atoms with Crippen LogP contribution in [0.5, 0.6) is 0 Å².